The van der Waals surface area contributed by atoms with Crippen LogP contribution in [0.1, 0.15) is 5.56 Å². The van der Waals surface area contributed by atoms with Gasteiger partial charge >= 0.3 is 5.63 Å². The van der Waals surface area contributed by atoms with E-state index in [4.69, 9.17) is 5.73 Å². The standard InChI is InChI=1S/C6H7NO2/c1-4-2-3-9-6(8)5(4)7/h2-3H,7H2,1H3. The molecule has 0 atom stereocenters. The van der Waals surface area contributed by atoms with Crippen LogP contribution in [-0.2, 0) is 0 Å². The van der Waals surface area contributed by atoms with Crippen molar-refractivity contribution in [2.75, 3.05) is 5.73 Å². The summed E-state index contributed by atoms with van der Waals surface area (Å²) in [6.07, 6.45) is 1.33. The highest BCUT2D eigenvalue weighted by molar-refractivity contribution is 5.41. The van der Waals surface area contributed by atoms with Crippen molar-refractivity contribution in [2.45, 2.75) is 6.92 Å². The zero-order valence-electron chi connectivity index (χ0n) is 5.05. The second-order valence-corrected chi connectivity index (χ2v) is 1.80. The molecule has 2 N–H and O–H groups in total. The molecule has 1 aromatic heterocycles. The van der Waals surface area contributed by atoms with Crippen molar-refractivity contribution in [3.8, 4) is 0 Å². The summed E-state index contributed by atoms with van der Waals surface area (Å²) in [4.78, 5) is 10.5. The highest BCUT2D eigenvalue weighted by Crippen LogP contribution is 2.00. The maximum Gasteiger partial charge on any atom is 0.359 e. The van der Waals surface area contributed by atoms with Crippen molar-refractivity contribution in [2.24, 2.45) is 0 Å². The molecule has 0 unspecified atom stereocenters. The van der Waals surface area contributed by atoms with Crippen LogP contribution in [0.2, 0.25) is 0 Å². The minimum absolute atomic E-state index is 0.192. The van der Waals surface area contributed by atoms with E-state index in [9.17, 15) is 4.79 Å². The second kappa shape index (κ2) is 1.93. The Kier molecular flexibility index (Phi) is 1.26. The Labute approximate surface area is 52.1 Å². The van der Waals surface area contributed by atoms with Crippen molar-refractivity contribution < 1.29 is 4.42 Å². The summed E-state index contributed by atoms with van der Waals surface area (Å²) in [5.74, 6) is 0. The van der Waals surface area contributed by atoms with E-state index in [0.717, 1.165) is 5.56 Å². The van der Waals surface area contributed by atoms with Gasteiger partial charge in [0.25, 0.3) is 0 Å². The molecule has 0 saturated carbocycles. The van der Waals surface area contributed by atoms with Crippen LogP contribution >= 0.6 is 0 Å². The van der Waals surface area contributed by atoms with Crippen LogP contribution in [0.15, 0.2) is 21.5 Å². The molecule has 1 aromatic rings. The Morgan fingerprint density at radius 2 is 2.33 bits per heavy atom. The predicted octanol–water partition coefficient (Wildman–Crippen LogP) is 0.530. The molecule has 0 amide bonds. The average Bonchev–Trinajstić information content (AvgIpc) is 1.83. The van der Waals surface area contributed by atoms with Gasteiger partial charge in [-0.05, 0) is 18.6 Å². The summed E-state index contributed by atoms with van der Waals surface area (Å²) in [7, 11) is 0. The summed E-state index contributed by atoms with van der Waals surface area (Å²) in [5.41, 5.74) is 5.76. The van der Waals surface area contributed by atoms with Gasteiger partial charge in [0.05, 0.1) is 6.26 Å². The molecular formula is C6H7NO2. The topological polar surface area (TPSA) is 56.2 Å². The molecule has 0 aliphatic carbocycles. The smallest absolute Gasteiger partial charge is 0.359 e. The number of nitrogens with two attached hydrogens (primary N) is 1. The molecule has 1 rings (SSSR count). The van der Waals surface area contributed by atoms with Gasteiger partial charge in [0.15, 0.2) is 0 Å². The molecule has 3 nitrogen and oxygen atoms in total. The van der Waals surface area contributed by atoms with E-state index >= 15 is 0 Å². The van der Waals surface area contributed by atoms with Gasteiger partial charge in [-0.25, -0.2) is 4.79 Å². The van der Waals surface area contributed by atoms with Gasteiger partial charge in [0, 0.05) is 0 Å². The van der Waals surface area contributed by atoms with E-state index in [0.29, 0.717) is 0 Å². The number of aryl methyl sites for hydroxylation is 1. The van der Waals surface area contributed by atoms with Gasteiger partial charge in [-0.3, -0.25) is 0 Å². The first-order valence-electron chi connectivity index (χ1n) is 2.55. The third kappa shape index (κ3) is 0.937. The molecule has 0 radical (unpaired) electrons. The number of nitrogen functional groups attached to an aromatic ring is 1. The fourth-order valence-corrected chi connectivity index (χ4v) is 0.512. The van der Waals surface area contributed by atoms with Crippen molar-refractivity contribution in [1.29, 1.82) is 0 Å². The minimum atomic E-state index is -0.463. The first-order chi connectivity index (χ1) is 4.22. The molecule has 0 spiro atoms. The average molecular weight is 125 g/mol. The second-order valence-electron chi connectivity index (χ2n) is 1.80. The normalized spacial score (nSPS) is 9.44. The van der Waals surface area contributed by atoms with E-state index < -0.39 is 5.63 Å². The molecule has 0 aromatic carbocycles. The van der Waals surface area contributed by atoms with Crippen molar-refractivity contribution in [3.05, 3.63) is 28.3 Å². The van der Waals surface area contributed by atoms with E-state index in [2.05, 4.69) is 4.42 Å². The molecular weight excluding hydrogens is 118 g/mol. The van der Waals surface area contributed by atoms with Gasteiger partial charge in [-0.1, -0.05) is 0 Å². The number of anilines is 1. The summed E-state index contributed by atoms with van der Waals surface area (Å²) < 4.78 is 4.46. The van der Waals surface area contributed by atoms with Crippen LogP contribution in [0.5, 0.6) is 0 Å². The molecule has 0 aliphatic heterocycles. The third-order valence-electron chi connectivity index (χ3n) is 1.14. The molecule has 9 heavy (non-hydrogen) atoms. The van der Waals surface area contributed by atoms with Gasteiger partial charge < -0.3 is 10.2 Å². The summed E-state index contributed by atoms with van der Waals surface area (Å²) in [6.45, 7) is 1.76. The quantitative estimate of drug-likeness (QED) is 0.550. The lowest BCUT2D eigenvalue weighted by molar-refractivity contribution is 0.512. The lowest BCUT2D eigenvalue weighted by atomic mass is 10.3. The summed E-state index contributed by atoms with van der Waals surface area (Å²) in [6, 6.07) is 1.65. The Morgan fingerprint density at radius 3 is 2.78 bits per heavy atom. The Morgan fingerprint density at radius 1 is 1.67 bits per heavy atom. The van der Waals surface area contributed by atoms with Crippen LogP contribution in [-0.4, -0.2) is 0 Å². The number of hydrogen-bond acceptors (Lipinski definition) is 3. The molecule has 0 bridgehead atoms. The maximum absolute atomic E-state index is 10.5. The van der Waals surface area contributed by atoms with Gasteiger partial charge in [-0.15, -0.1) is 0 Å². The SMILES string of the molecule is Cc1ccoc(=O)c1N. The first kappa shape index (κ1) is 5.88. The minimum Gasteiger partial charge on any atom is -0.430 e. The highest BCUT2D eigenvalue weighted by Gasteiger charge is 1.95. The Bertz CT molecular complexity index is 264. The van der Waals surface area contributed by atoms with E-state index in [-0.39, 0.29) is 5.69 Å². The third-order valence-corrected chi connectivity index (χ3v) is 1.14. The van der Waals surface area contributed by atoms with Crippen LogP contribution in [0.4, 0.5) is 5.69 Å². The van der Waals surface area contributed by atoms with E-state index in [1.54, 1.807) is 13.0 Å². The zero-order chi connectivity index (χ0) is 6.85. The largest absolute Gasteiger partial charge is 0.430 e. The first-order valence-corrected chi connectivity index (χ1v) is 2.55. The van der Waals surface area contributed by atoms with Crippen molar-refractivity contribution >= 4 is 5.69 Å². The van der Waals surface area contributed by atoms with Crippen LogP contribution in [0, 0.1) is 6.92 Å². The van der Waals surface area contributed by atoms with E-state index in [1.807, 2.05) is 0 Å². The monoisotopic (exact) mass is 125 g/mol. The van der Waals surface area contributed by atoms with Crippen molar-refractivity contribution in [1.82, 2.24) is 0 Å². The highest BCUT2D eigenvalue weighted by atomic mass is 16.4. The number of hydrogen-bond donors (Lipinski definition) is 1. The molecule has 3 heteroatoms. The molecule has 0 fully saturated rings. The predicted molar refractivity (Wildman–Crippen MR) is 34.1 cm³/mol. The summed E-state index contributed by atoms with van der Waals surface area (Å²) >= 11 is 0. The summed E-state index contributed by atoms with van der Waals surface area (Å²) in [5, 5.41) is 0. The molecule has 0 aliphatic rings. The van der Waals surface area contributed by atoms with Crippen LogP contribution < -0.4 is 11.4 Å². The lowest BCUT2D eigenvalue weighted by Crippen LogP contribution is -2.06. The van der Waals surface area contributed by atoms with Crippen molar-refractivity contribution in [3.63, 3.8) is 0 Å². The van der Waals surface area contributed by atoms with Crippen LogP contribution in [0.3, 0.4) is 0 Å². The zero-order valence-corrected chi connectivity index (χ0v) is 5.05. The molecule has 48 valence electrons. The fraction of sp³-hybridized carbons (Fsp3) is 0.167. The Balaban J connectivity index is 3.43. The molecule has 1 heterocycles. The Hall–Kier alpha value is -1.25. The number of rotatable bonds is 0. The molecule has 0 saturated heterocycles. The fourth-order valence-electron chi connectivity index (χ4n) is 0.512. The lowest BCUT2D eigenvalue weighted by Gasteiger charge is -1.91. The maximum atomic E-state index is 10.5. The van der Waals surface area contributed by atoms with E-state index in [1.165, 1.54) is 6.26 Å². The van der Waals surface area contributed by atoms with Gasteiger partial charge in [-0.2, -0.15) is 0 Å². The van der Waals surface area contributed by atoms with Gasteiger partial charge in [0.2, 0.25) is 0 Å². The van der Waals surface area contributed by atoms with Gasteiger partial charge in [0.1, 0.15) is 5.69 Å². The van der Waals surface area contributed by atoms with Crippen LogP contribution in [0.25, 0.3) is 0 Å².